The molecule has 0 aromatic heterocycles. The Hall–Kier alpha value is -0.120. The van der Waals surface area contributed by atoms with Gasteiger partial charge in [0.15, 0.2) is 0 Å². The molecule has 3 heteroatoms. The predicted molar refractivity (Wildman–Crippen MR) is 34.7 cm³/mol. The molecule has 0 spiro atoms. The Bertz CT molecular complexity index is 124. The fourth-order valence-electron chi connectivity index (χ4n) is 1.63. The Balaban J connectivity index is 2.01. The highest BCUT2D eigenvalue weighted by Gasteiger charge is 2.38. The van der Waals surface area contributed by atoms with Crippen molar-refractivity contribution in [1.82, 2.24) is 0 Å². The van der Waals surface area contributed by atoms with Gasteiger partial charge in [-0.15, -0.1) is 0 Å². The lowest BCUT2D eigenvalue weighted by atomic mass is 10.0. The van der Waals surface area contributed by atoms with Gasteiger partial charge in [-0.25, -0.2) is 0 Å². The third-order valence-corrected chi connectivity index (χ3v) is 2.17. The zero-order valence-electron chi connectivity index (χ0n) is 5.82. The van der Waals surface area contributed by atoms with E-state index in [1.54, 1.807) is 0 Å². The van der Waals surface area contributed by atoms with Crippen LogP contribution in [0.1, 0.15) is 12.8 Å². The molecule has 2 rings (SSSR count). The maximum Gasteiger partial charge on any atom is 0.112 e. The van der Waals surface area contributed by atoms with Gasteiger partial charge in [0.05, 0.1) is 12.7 Å². The van der Waals surface area contributed by atoms with Crippen molar-refractivity contribution in [2.45, 2.75) is 31.2 Å². The van der Waals surface area contributed by atoms with Crippen molar-refractivity contribution in [2.24, 2.45) is 0 Å². The lowest BCUT2D eigenvalue weighted by Gasteiger charge is -2.25. The third kappa shape index (κ3) is 0.944. The van der Waals surface area contributed by atoms with Gasteiger partial charge < -0.3 is 14.6 Å². The van der Waals surface area contributed by atoms with E-state index in [0.717, 1.165) is 19.4 Å². The Morgan fingerprint density at radius 1 is 1.30 bits per heavy atom. The molecule has 58 valence electrons. The first-order valence-corrected chi connectivity index (χ1v) is 3.79. The second-order valence-electron chi connectivity index (χ2n) is 2.92. The molecular formula is C7H12O3. The molecule has 0 bridgehead atoms. The summed E-state index contributed by atoms with van der Waals surface area (Å²) in [6, 6.07) is 0. The molecule has 2 fully saturated rings. The van der Waals surface area contributed by atoms with Gasteiger partial charge in [0.2, 0.25) is 0 Å². The van der Waals surface area contributed by atoms with Crippen LogP contribution in [-0.4, -0.2) is 36.6 Å². The van der Waals surface area contributed by atoms with Gasteiger partial charge in [0.1, 0.15) is 12.2 Å². The quantitative estimate of drug-likeness (QED) is 0.517. The van der Waals surface area contributed by atoms with Crippen LogP contribution in [0.2, 0.25) is 0 Å². The van der Waals surface area contributed by atoms with Crippen molar-refractivity contribution in [1.29, 1.82) is 0 Å². The summed E-state index contributed by atoms with van der Waals surface area (Å²) in [5, 5.41) is 9.27. The van der Waals surface area contributed by atoms with E-state index in [1.165, 1.54) is 0 Å². The number of fused-ring (bicyclic) bond motifs is 1. The molecule has 2 unspecified atom stereocenters. The third-order valence-electron chi connectivity index (χ3n) is 2.17. The molecule has 0 aromatic rings. The average Bonchev–Trinajstić information content (AvgIpc) is 2.34. The van der Waals surface area contributed by atoms with Crippen LogP contribution in [0, 0.1) is 0 Å². The Labute approximate surface area is 59.9 Å². The molecule has 3 atom stereocenters. The molecule has 1 N–H and O–H groups in total. The SMILES string of the molecule is OC1COC2CCCO[C@H]12. The first-order valence-electron chi connectivity index (χ1n) is 3.79. The van der Waals surface area contributed by atoms with E-state index in [1.807, 2.05) is 0 Å². The summed E-state index contributed by atoms with van der Waals surface area (Å²) < 4.78 is 10.6. The molecule has 0 radical (unpaired) electrons. The molecule has 0 aliphatic carbocycles. The first-order chi connectivity index (χ1) is 4.88. The Morgan fingerprint density at radius 3 is 3.00 bits per heavy atom. The van der Waals surface area contributed by atoms with Crippen molar-refractivity contribution >= 4 is 0 Å². The highest BCUT2D eigenvalue weighted by molar-refractivity contribution is 4.86. The number of hydrogen-bond donors (Lipinski definition) is 1. The maximum atomic E-state index is 9.27. The summed E-state index contributed by atoms with van der Waals surface area (Å²) >= 11 is 0. The highest BCUT2D eigenvalue weighted by Crippen LogP contribution is 2.25. The van der Waals surface area contributed by atoms with Crippen LogP contribution in [0.15, 0.2) is 0 Å². The first kappa shape index (κ1) is 6.58. The number of ether oxygens (including phenoxy) is 2. The zero-order chi connectivity index (χ0) is 6.97. The van der Waals surface area contributed by atoms with Crippen molar-refractivity contribution in [3.05, 3.63) is 0 Å². The number of aliphatic hydroxyl groups excluding tert-OH is 1. The van der Waals surface area contributed by atoms with Gasteiger partial charge >= 0.3 is 0 Å². The number of aliphatic hydroxyl groups is 1. The number of hydrogen-bond acceptors (Lipinski definition) is 3. The van der Waals surface area contributed by atoms with Crippen LogP contribution in [0.4, 0.5) is 0 Å². The smallest absolute Gasteiger partial charge is 0.112 e. The van der Waals surface area contributed by atoms with E-state index in [0.29, 0.717) is 6.61 Å². The minimum atomic E-state index is -0.384. The fraction of sp³-hybridized carbons (Fsp3) is 1.00. The minimum Gasteiger partial charge on any atom is -0.388 e. The van der Waals surface area contributed by atoms with Crippen LogP contribution in [-0.2, 0) is 9.47 Å². The van der Waals surface area contributed by atoms with Gasteiger partial charge in [-0.1, -0.05) is 0 Å². The van der Waals surface area contributed by atoms with Crippen LogP contribution in [0.5, 0.6) is 0 Å². The molecule has 10 heavy (non-hydrogen) atoms. The molecule has 0 amide bonds. The summed E-state index contributed by atoms with van der Waals surface area (Å²) in [6.45, 7) is 1.23. The molecular weight excluding hydrogens is 132 g/mol. The van der Waals surface area contributed by atoms with Gasteiger partial charge in [0.25, 0.3) is 0 Å². The minimum absolute atomic E-state index is 0.0336. The maximum absolute atomic E-state index is 9.27. The molecule has 0 saturated carbocycles. The topological polar surface area (TPSA) is 38.7 Å². The van der Waals surface area contributed by atoms with E-state index >= 15 is 0 Å². The van der Waals surface area contributed by atoms with Crippen molar-refractivity contribution < 1.29 is 14.6 Å². The molecule has 2 aliphatic rings. The second-order valence-corrected chi connectivity index (χ2v) is 2.92. The molecule has 2 aliphatic heterocycles. The summed E-state index contributed by atoms with van der Waals surface area (Å²) in [5.41, 5.74) is 0. The molecule has 0 aromatic carbocycles. The monoisotopic (exact) mass is 144 g/mol. The van der Waals surface area contributed by atoms with E-state index in [4.69, 9.17) is 9.47 Å². The lowest BCUT2D eigenvalue weighted by Crippen LogP contribution is -2.36. The van der Waals surface area contributed by atoms with Gasteiger partial charge in [0, 0.05) is 6.61 Å². The van der Waals surface area contributed by atoms with Crippen LogP contribution < -0.4 is 0 Å². The van der Waals surface area contributed by atoms with Crippen molar-refractivity contribution in [2.75, 3.05) is 13.2 Å². The largest absolute Gasteiger partial charge is 0.388 e. The van der Waals surface area contributed by atoms with Crippen LogP contribution in [0.3, 0.4) is 0 Å². The summed E-state index contributed by atoms with van der Waals surface area (Å²) in [4.78, 5) is 0. The van der Waals surface area contributed by atoms with Crippen molar-refractivity contribution in [3.63, 3.8) is 0 Å². The summed E-state index contributed by atoms with van der Waals surface area (Å²) in [6.07, 6.45) is 1.86. The van der Waals surface area contributed by atoms with E-state index in [9.17, 15) is 5.11 Å². The van der Waals surface area contributed by atoms with Gasteiger partial charge in [-0.2, -0.15) is 0 Å². The number of rotatable bonds is 0. The highest BCUT2D eigenvalue weighted by atomic mass is 16.6. The summed E-state index contributed by atoms with van der Waals surface area (Å²) in [7, 11) is 0. The van der Waals surface area contributed by atoms with E-state index < -0.39 is 0 Å². The van der Waals surface area contributed by atoms with Gasteiger partial charge in [-0.3, -0.25) is 0 Å². The predicted octanol–water partition coefficient (Wildman–Crippen LogP) is -0.0749. The molecule has 2 saturated heterocycles. The average molecular weight is 144 g/mol. The Kier molecular flexibility index (Phi) is 1.64. The van der Waals surface area contributed by atoms with Crippen molar-refractivity contribution in [3.8, 4) is 0 Å². The summed E-state index contributed by atoms with van der Waals surface area (Å²) in [5.74, 6) is 0. The standard InChI is InChI=1S/C7H12O3/c8-5-4-10-6-2-1-3-9-7(5)6/h5-8H,1-4H2/t5?,6?,7-/m1/s1. The lowest BCUT2D eigenvalue weighted by molar-refractivity contribution is -0.0688. The molecule has 2 heterocycles. The van der Waals surface area contributed by atoms with E-state index in [2.05, 4.69) is 0 Å². The zero-order valence-corrected chi connectivity index (χ0v) is 5.82. The van der Waals surface area contributed by atoms with Gasteiger partial charge in [-0.05, 0) is 12.8 Å². The fourth-order valence-corrected chi connectivity index (χ4v) is 1.63. The van der Waals surface area contributed by atoms with Crippen LogP contribution in [0.25, 0.3) is 0 Å². The van der Waals surface area contributed by atoms with Crippen LogP contribution >= 0.6 is 0 Å². The Morgan fingerprint density at radius 2 is 2.20 bits per heavy atom. The van der Waals surface area contributed by atoms with E-state index in [-0.39, 0.29) is 18.3 Å². The normalized spacial score (nSPS) is 47.1. The second kappa shape index (κ2) is 2.49. The molecule has 3 nitrogen and oxygen atoms in total.